The SMILES string of the molecule is O=C(NCC1CCC1)Nc1cccc2cnccc12. The van der Waals surface area contributed by atoms with Gasteiger partial charge in [-0.2, -0.15) is 0 Å². The fraction of sp³-hybridized carbons (Fsp3) is 0.333. The smallest absolute Gasteiger partial charge is 0.319 e. The van der Waals surface area contributed by atoms with Crippen molar-refractivity contribution in [2.24, 2.45) is 5.92 Å². The first-order valence-corrected chi connectivity index (χ1v) is 6.70. The molecule has 2 aromatic rings. The Morgan fingerprint density at radius 2 is 2.21 bits per heavy atom. The number of rotatable bonds is 3. The summed E-state index contributed by atoms with van der Waals surface area (Å²) in [6.07, 6.45) is 7.30. The van der Waals surface area contributed by atoms with E-state index in [9.17, 15) is 4.79 Å². The minimum Gasteiger partial charge on any atom is -0.338 e. The molecule has 1 aliphatic rings. The number of benzene rings is 1. The number of nitrogens with one attached hydrogen (secondary N) is 2. The lowest BCUT2D eigenvalue weighted by atomic mass is 9.85. The second-order valence-corrected chi connectivity index (χ2v) is 5.03. The molecule has 2 amide bonds. The molecule has 1 heterocycles. The molecule has 1 aromatic carbocycles. The molecule has 4 heteroatoms. The van der Waals surface area contributed by atoms with Crippen LogP contribution in [-0.2, 0) is 0 Å². The summed E-state index contributed by atoms with van der Waals surface area (Å²) in [6.45, 7) is 0.776. The topological polar surface area (TPSA) is 54.0 Å². The van der Waals surface area contributed by atoms with E-state index < -0.39 is 0 Å². The maximum absolute atomic E-state index is 11.9. The minimum absolute atomic E-state index is 0.129. The third-order valence-electron chi connectivity index (χ3n) is 3.70. The van der Waals surface area contributed by atoms with E-state index in [2.05, 4.69) is 15.6 Å². The van der Waals surface area contributed by atoms with E-state index in [4.69, 9.17) is 0 Å². The largest absolute Gasteiger partial charge is 0.338 e. The lowest BCUT2D eigenvalue weighted by Gasteiger charge is -2.25. The van der Waals surface area contributed by atoms with Crippen molar-refractivity contribution in [3.05, 3.63) is 36.7 Å². The highest BCUT2D eigenvalue weighted by molar-refractivity contribution is 6.01. The van der Waals surface area contributed by atoms with Gasteiger partial charge in [0.25, 0.3) is 0 Å². The maximum atomic E-state index is 11.9. The summed E-state index contributed by atoms with van der Waals surface area (Å²) in [4.78, 5) is 15.9. The van der Waals surface area contributed by atoms with Gasteiger partial charge in [0.05, 0.1) is 5.69 Å². The molecule has 0 spiro atoms. The Morgan fingerprint density at radius 3 is 3.00 bits per heavy atom. The Kier molecular flexibility index (Phi) is 3.31. The van der Waals surface area contributed by atoms with Crippen LogP contribution in [0.4, 0.5) is 10.5 Å². The second kappa shape index (κ2) is 5.26. The van der Waals surface area contributed by atoms with Crippen LogP contribution >= 0.6 is 0 Å². The lowest BCUT2D eigenvalue weighted by molar-refractivity contribution is 0.243. The monoisotopic (exact) mass is 255 g/mol. The number of pyridine rings is 1. The molecule has 1 aliphatic carbocycles. The van der Waals surface area contributed by atoms with Gasteiger partial charge in [-0.05, 0) is 30.9 Å². The molecule has 0 aliphatic heterocycles. The Balaban J connectivity index is 1.68. The van der Waals surface area contributed by atoms with Gasteiger partial charge in [0.15, 0.2) is 0 Å². The zero-order valence-electron chi connectivity index (χ0n) is 10.7. The van der Waals surface area contributed by atoms with E-state index in [1.54, 1.807) is 12.4 Å². The molecule has 98 valence electrons. The number of carbonyl (C=O) groups is 1. The van der Waals surface area contributed by atoms with E-state index in [0.717, 1.165) is 23.0 Å². The van der Waals surface area contributed by atoms with Crippen LogP contribution < -0.4 is 10.6 Å². The average molecular weight is 255 g/mol. The number of aromatic nitrogens is 1. The standard InChI is InChI=1S/C15H17N3O/c19-15(17-9-11-3-1-4-11)18-14-6-2-5-12-10-16-8-7-13(12)14/h2,5-8,10-11H,1,3-4,9H2,(H2,17,18,19). The predicted molar refractivity (Wildman–Crippen MR) is 76.1 cm³/mol. The Morgan fingerprint density at radius 1 is 1.32 bits per heavy atom. The van der Waals surface area contributed by atoms with Gasteiger partial charge in [-0.25, -0.2) is 4.79 Å². The zero-order chi connectivity index (χ0) is 13.1. The van der Waals surface area contributed by atoms with Gasteiger partial charge in [0, 0.05) is 29.7 Å². The van der Waals surface area contributed by atoms with Crippen LogP contribution in [0.5, 0.6) is 0 Å². The summed E-state index contributed by atoms with van der Waals surface area (Å²) in [6, 6.07) is 7.60. The van der Waals surface area contributed by atoms with E-state index >= 15 is 0 Å². The third kappa shape index (κ3) is 2.67. The second-order valence-electron chi connectivity index (χ2n) is 5.03. The highest BCUT2D eigenvalue weighted by Crippen LogP contribution is 2.25. The quantitative estimate of drug-likeness (QED) is 0.885. The molecule has 0 atom stereocenters. The summed E-state index contributed by atoms with van der Waals surface area (Å²) in [5, 5.41) is 7.88. The fourth-order valence-corrected chi connectivity index (χ4v) is 2.33. The number of carbonyl (C=O) groups excluding carboxylic acids is 1. The van der Waals surface area contributed by atoms with Crippen molar-refractivity contribution in [2.75, 3.05) is 11.9 Å². The van der Waals surface area contributed by atoms with Gasteiger partial charge in [-0.1, -0.05) is 18.6 Å². The van der Waals surface area contributed by atoms with Crippen LogP contribution in [0.3, 0.4) is 0 Å². The zero-order valence-corrected chi connectivity index (χ0v) is 10.7. The first-order valence-electron chi connectivity index (χ1n) is 6.70. The van der Waals surface area contributed by atoms with Crippen molar-refractivity contribution in [3.8, 4) is 0 Å². The number of urea groups is 1. The number of hydrogen-bond acceptors (Lipinski definition) is 2. The summed E-state index contributed by atoms with van der Waals surface area (Å²) in [5.74, 6) is 0.669. The molecule has 1 aromatic heterocycles. The molecular weight excluding hydrogens is 238 g/mol. The van der Waals surface area contributed by atoms with Crippen LogP contribution in [0.2, 0.25) is 0 Å². The summed E-state index contributed by atoms with van der Waals surface area (Å²) >= 11 is 0. The van der Waals surface area contributed by atoms with Gasteiger partial charge < -0.3 is 10.6 Å². The molecule has 4 nitrogen and oxygen atoms in total. The minimum atomic E-state index is -0.129. The number of nitrogens with zero attached hydrogens (tertiary/aromatic N) is 1. The van der Waals surface area contributed by atoms with E-state index in [-0.39, 0.29) is 6.03 Å². The van der Waals surface area contributed by atoms with Crippen molar-refractivity contribution < 1.29 is 4.79 Å². The number of anilines is 1. The predicted octanol–water partition coefficient (Wildman–Crippen LogP) is 3.16. The molecule has 3 rings (SSSR count). The van der Waals surface area contributed by atoms with E-state index in [1.807, 2.05) is 24.3 Å². The van der Waals surface area contributed by atoms with Crippen LogP contribution in [0.1, 0.15) is 19.3 Å². The fourth-order valence-electron chi connectivity index (χ4n) is 2.33. The molecule has 0 saturated heterocycles. The molecule has 0 bridgehead atoms. The first-order chi connectivity index (χ1) is 9.33. The van der Waals surface area contributed by atoms with Crippen LogP contribution in [-0.4, -0.2) is 17.6 Å². The highest BCUT2D eigenvalue weighted by atomic mass is 16.2. The summed E-state index contributed by atoms with van der Waals surface area (Å²) in [7, 11) is 0. The number of hydrogen-bond donors (Lipinski definition) is 2. The van der Waals surface area contributed by atoms with Crippen LogP contribution in [0, 0.1) is 5.92 Å². The highest BCUT2D eigenvalue weighted by Gasteiger charge is 2.17. The van der Waals surface area contributed by atoms with Crippen molar-refractivity contribution in [3.63, 3.8) is 0 Å². The lowest BCUT2D eigenvalue weighted by Crippen LogP contribution is -2.35. The maximum Gasteiger partial charge on any atom is 0.319 e. The Bertz CT molecular complexity index is 587. The van der Waals surface area contributed by atoms with Gasteiger partial charge in [-0.3, -0.25) is 4.98 Å². The molecule has 19 heavy (non-hydrogen) atoms. The molecule has 2 N–H and O–H groups in total. The first kappa shape index (κ1) is 12.0. The number of fused-ring (bicyclic) bond motifs is 1. The molecule has 0 unspecified atom stereocenters. The molecule has 1 saturated carbocycles. The average Bonchev–Trinajstić information content (AvgIpc) is 2.37. The van der Waals surface area contributed by atoms with Crippen molar-refractivity contribution in [1.29, 1.82) is 0 Å². The van der Waals surface area contributed by atoms with Gasteiger partial charge in [-0.15, -0.1) is 0 Å². The number of amides is 2. The molecule has 0 radical (unpaired) electrons. The van der Waals surface area contributed by atoms with Crippen molar-refractivity contribution in [1.82, 2.24) is 10.3 Å². The van der Waals surface area contributed by atoms with E-state index in [0.29, 0.717) is 5.92 Å². The van der Waals surface area contributed by atoms with Crippen molar-refractivity contribution >= 4 is 22.5 Å². The van der Waals surface area contributed by atoms with Crippen LogP contribution in [0.15, 0.2) is 36.7 Å². The van der Waals surface area contributed by atoms with E-state index in [1.165, 1.54) is 19.3 Å². The third-order valence-corrected chi connectivity index (χ3v) is 3.70. The van der Waals surface area contributed by atoms with Gasteiger partial charge in [0.1, 0.15) is 0 Å². The Labute approximate surface area is 112 Å². The van der Waals surface area contributed by atoms with Gasteiger partial charge in [0.2, 0.25) is 0 Å². The Hall–Kier alpha value is -2.10. The van der Waals surface area contributed by atoms with Gasteiger partial charge >= 0.3 is 6.03 Å². The van der Waals surface area contributed by atoms with Crippen molar-refractivity contribution in [2.45, 2.75) is 19.3 Å². The summed E-state index contributed by atoms with van der Waals surface area (Å²) < 4.78 is 0. The van der Waals surface area contributed by atoms with Crippen LogP contribution in [0.25, 0.3) is 10.8 Å². The summed E-state index contributed by atoms with van der Waals surface area (Å²) in [5.41, 5.74) is 0.825. The molecular formula is C15H17N3O. The normalized spacial score (nSPS) is 14.9. The molecule has 1 fully saturated rings.